The van der Waals surface area contributed by atoms with E-state index in [0.717, 1.165) is 18.5 Å². The molecule has 1 aromatic rings. The zero-order chi connectivity index (χ0) is 13.9. The first-order valence-electron chi connectivity index (χ1n) is 6.45. The molecule has 2 heterocycles. The summed E-state index contributed by atoms with van der Waals surface area (Å²) in [5.41, 5.74) is 0.994. The minimum absolute atomic E-state index is 0.110. The molecular weight excluding hydrogens is 264 g/mol. The lowest BCUT2D eigenvalue weighted by Gasteiger charge is -2.22. The minimum Gasteiger partial charge on any atom is -0.355 e. The SMILES string of the molecule is CCNc1ncc(CN(C)[C@@H]2CCS(=O)(=O)C2)cn1. The second-order valence-corrected chi connectivity index (χ2v) is 7.15. The Hall–Kier alpha value is -1.21. The summed E-state index contributed by atoms with van der Waals surface area (Å²) in [6, 6.07) is 0.110. The highest BCUT2D eigenvalue weighted by molar-refractivity contribution is 7.91. The molecule has 0 bridgehead atoms. The molecule has 1 saturated heterocycles. The number of hydrogen-bond donors (Lipinski definition) is 1. The fourth-order valence-electron chi connectivity index (χ4n) is 2.23. The van der Waals surface area contributed by atoms with Gasteiger partial charge >= 0.3 is 0 Å². The van der Waals surface area contributed by atoms with Gasteiger partial charge in [0.15, 0.2) is 9.84 Å². The maximum atomic E-state index is 11.5. The first-order chi connectivity index (χ1) is 9.00. The number of hydrogen-bond acceptors (Lipinski definition) is 6. The lowest BCUT2D eigenvalue weighted by atomic mass is 10.2. The highest BCUT2D eigenvalue weighted by Crippen LogP contribution is 2.18. The summed E-state index contributed by atoms with van der Waals surface area (Å²) in [7, 11) is -0.882. The van der Waals surface area contributed by atoms with Gasteiger partial charge in [0.1, 0.15) is 0 Å². The van der Waals surface area contributed by atoms with Crippen molar-refractivity contribution in [2.45, 2.75) is 25.9 Å². The fourth-order valence-corrected chi connectivity index (χ4v) is 4.03. The molecule has 19 heavy (non-hydrogen) atoms. The van der Waals surface area contributed by atoms with Crippen LogP contribution in [0.25, 0.3) is 0 Å². The molecule has 2 rings (SSSR count). The summed E-state index contributed by atoms with van der Waals surface area (Å²) in [5, 5.41) is 3.04. The maximum absolute atomic E-state index is 11.5. The summed E-state index contributed by atoms with van der Waals surface area (Å²) in [5.74, 6) is 1.19. The van der Waals surface area contributed by atoms with Gasteiger partial charge in [0.25, 0.3) is 0 Å². The zero-order valence-corrected chi connectivity index (χ0v) is 12.2. The van der Waals surface area contributed by atoms with Crippen LogP contribution in [0.4, 0.5) is 5.95 Å². The lowest BCUT2D eigenvalue weighted by molar-refractivity contribution is 0.253. The van der Waals surface area contributed by atoms with Crippen LogP contribution in [0.15, 0.2) is 12.4 Å². The van der Waals surface area contributed by atoms with Crippen LogP contribution in [0.3, 0.4) is 0 Å². The van der Waals surface area contributed by atoms with Gasteiger partial charge in [-0.1, -0.05) is 0 Å². The van der Waals surface area contributed by atoms with E-state index in [1.807, 2.05) is 14.0 Å². The molecule has 0 spiro atoms. The Balaban J connectivity index is 1.93. The van der Waals surface area contributed by atoms with E-state index in [4.69, 9.17) is 0 Å². The lowest BCUT2D eigenvalue weighted by Crippen LogP contribution is -2.32. The summed E-state index contributed by atoms with van der Waals surface area (Å²) >= 11 is 0. The van der Waals surface area contributed by atoms with Crippen LogP contribution < -0.4 is 5.32 Å². The largest absolute Gasteiger partial charge is 0.355 e. The van der Waals surface area contributed by atoms with Crippen molar-refractivity contribution in [2.24, 2.45) is 0 Å². The van der Waals surface area contributed by atoms with Gasteiger partial charge in [-0.15, -0.1) is 0 Å². The highest BCUT2D eigenvalue weighted by atomic mass is 32.2. The number of anilines is 1. The van der Waals surface area contributed by atoms with Crippen LogP contribution in [0, 0.1) is 0 Å². The Labute approximate surface area is 114 Å². The van der Waals surface area contributed by atoms with Crippen molar-refractivity contribution >= 4 is 15.8 Å². The molecule has 1 N–H and O–H groups in total. The predicted molar refractivity (Wildman–Crippen MR) is 74.7 cm³/mol. The molecule has 106 valence electrons. The molecule has 0 unspecified atom stereocenters. The molecule has 7 heteroatoms. The molecule has 0 aliphatic carbocycles. The van der Waals surface area contributed by atoms with E-state index in [1.54, 1.807) is 12.4 Å². The van der Waals surface area contributed by atoms with E-state index in [0.29, 0.717) is 18.2 Å². The van der Waals surface area contributed by atoms with Gasteiger partial charge in [-0.05, 0) is 20.4 Å². The number of nitrogens with zero attached hydrogens (tertiary/aromatic N) is 3. The van der Waals surface area contributed by atoms with Crippen LogP contribution in [0.2, 0.25) is 0 Å². The molecule has 1 atom stereocenters. The average Bonchev–Trinajstić information content (AvgIpc) is 2.73. The zero-order valence-electron chi connectivity index (χ0n) is 11.3. The van der Waals surface area contributed by atoms with E-state index < -0.39 is 9.84 Å². The first kappa shape index (κ1) is 14.2. The summed E-state index contributed by atoms with van der Waals surface area (Å²) in [6.45, 7) is 3.46. The van der Waals surface area contributed by atoms with Gasteiger partial charge < -0.3 is 5.32 Å². The van der Waals surface area contributed by atoms with Gasteiger partial charge in [0.05, 0.1) is 11.5 Å². The van der Waals surface area contributed by atoms with E-state index in [1.165, 1.54) is 0 Å². The topological polar surface area (TPSA) is 75.2 Å². The summed E-state index contributed by atoms with van der Waals surface area (Å²) in [6.07, 6.45) is 4.28. The van der Waals surface area contributed by atoms with Gasteiger partial charge in [-0.2, -0.15) is 0 Å². The standard InChI is InChI=1S/C12H20N4O2S/c1-3-13-12-14-6-10(7-15-12)8-16(2)11-4-5-19(17,18)9-11/h6-7,11H,3-5,8-9H2,1-2H3,(H,13,14,15)/t11-/m1/s1. The van der Waals surface area contributed by atoms with E-state index >= 15 is 0 Å². The second-order valence-electron chi connectivity index (χ2n) is 4.92. The van der Waals surface area contributed by atoms with E-state index in [9.17, 15) is 8.42 Å². The number of aromatic nitrogens is 2. The van der Waals surface area contributed by atoms with Gasteiger partial charge in [-0.3, -0.25) is 4.90 Å². The monoisotopic (exact) mass is 284 g/mol. The third-order valence-electron chi connectivity index (χ3n) is 3.30. The molecule has 1 aliphatic heterocycles. The first-order valence-corrected chi connectivity index (χ1v) is 8.28. The number of rotatable bonds is 5. The van der Waals surface area contributed by atoms with E-state index in [2.05, 4.69) is 20.2 Å². The van der Waals surface area contributed by atoms with Crippen molar-refractivity contribution < 1.29 is 8.42 Å². The van der Waals surface area contributed by atoms with E-state index in [-0.39, 0.29) is 11.8 Å². The van der Waals surface area contributed by atoms with Crippen molar-refractivity contribution in [1.82, 2.24) is 14.9 Å². The molecule has 0 radical (unpaired) electrons. The molecule has 0 saturated carbocycles. The summed E-state index contributed by atoms with van der Waals surface area (Å²) < 4.78 is 22.9. The Kier molecular flexibility index (Phi) is 4.36. The van der Waals surface area contributed by atoms with Crippen molar-refractivity contribution in [3.8, 4) is 0 Å². The summed E-state index contributed by atoms with van der Waals surface area (Å²) in [4.78, 5) is 10.5. The van der Waals surface area contributed by atoms with Crippen molar-refractivity contribution in [3.05, 3.63) is 18.0 Å². The Morgan fingerprint density at radius 2 is 2.11 bits per heavy atom. The fraction of sp³-hybridized carbons (Fsp3) is 0.667. The van der Waals surface area contributed by atoms with Gasteiger partial charge in [-0.25, -0.2) is 18.4 Å². The van der Waals surface area contributed by atoms with Gasteiger partial charge in [0.2, 0.25) is 5.95 Å². The molecule has 6 nitrogen and oxygen atoms in total. The Morgan fingerprint density at radius 3 is 2.63 bits per heavy atom. The van der Waals surface area contributed by atoms with Crippen LogP contribution >= 0.6 is 0 Å². The number of nitrogens with one attached hydrogen (secondary N) is 1. The quantitative estimate of drug-likeness (QED) is 0.850. The van der Waals surface area contributed by atoms with Gasteiger partial charge in [0, 0.05) is 37.1 Å². The van der Waals surface area contributed by atoms with Crippen LogP contribution in [-0.4, -0.2) is 54.4 Å². The van der Waals surface area contributed by atoms with Crippen molar-refractivity contribution in [2.75, 3.05) is 30.4 Å². The molecule has 0 amide bonds. The molecule has 1 aromatic heterocycles. The predicted octanol–water partition coefficient (Wildman–Crippen LogP) is 0.527. The number of sulfone groups is 1. The smallest absolute Gasteiger partial charge is 0.222 e. The Morgan fingerprint density at radius 1 is 1.42 bits per heavy atom. The van der Waals surface area contributed by atoms with Crippen molar-refractivity contribution in [1.29, 1.82) is 0 Å². The normalized spacial score (nSPS) is 21.7. The average molecular weight is 284 g/mol. The minimum atomic E-state index is -2.83. The van der Waals surface area contributed by atoms with Crippen molar-refractivity contribution in [3.63, 3.8) is 0 Å². The molecule has 0 aromatic carbocycles. The molecule has 1 fully saturated rings. The second kappa shape index (κ2) is 5.83. The third-order valence-corrected chi connectivity index (χ3v) is 5.05. The van der Waals surface area contributed by atoms with Crippen LogP contribution in [0.1, 0.15) is 18.9 Å². The Bertz CT molecular complexity index is 515. The molecule has 1 aliphatic rings. The van der Waals surface area contributed by atoms with Crippen LogP contribution in [-0.2, 0) is 16.4 Å². The third kappa shape index (κ3) is 3.87. The highest BCUT2D eigenvalue weighted by Gasteiger charge is 2.30. The molecular formula is C12H20N4O2S. The maximum Gasteiger partial charge on any atom is 0.222 e. The van der Waals surface area contributed by atoms with Crippen LogP contribution in [0.5, 0.6) is 0 Å².